The minimum atomic E-state index is -4.52. The second-order valence-corrected chi connectivity index (χ2v) is 6.54. The summed E-state index contributed by atoms with van der Waals surface area (Å²) < 4.78 is 40.0. The summed E-state index contributed by atoms with van der Waals surface area (Å²) in [7, 11) is 0. The average Bonchev–Trinajstić information content (AvgIpc) is 3.09. The third-order valence-electron chi connectivity index (χ3n) is 3.83. The number of alkyl halides is 3. The van der Waals surface area contributed by atoms with Crippen LogP contribution < -0.4 is 5.32 Å². The van der Waals surface area contributed by atoms with Gasteiger partial charge in [0.1, 0.15) is 10.7 Å². The van der Waals surface area contributed by atoms with Crippen LogP contribution in [0.1, 0.15) is 32.6 Å². The van der Waals surface area contributed by atoms with E-state index in [0.717, 1.165) is 25.2 Å². The van der Waals surface area contributed by atoms with Crippen LogP contribution in [0.15, 0.2) is 12.4 Å². The number of fused-ring (bicyclic) bond motifs is 1. The average molecular weight is 344 g/mol. The van der Waals surface area contributed by atoms with Gasteiger partial charge in [0.15, 0.2) is 5.01 Å². The predicted octanol–water partition coefficient (Wildman–Crippen LogP) is 2.66. The lowest BCUT2D eigenvalue weighted by molar-refractivity contribution is -0.137. The van der Waals surface area contributed by atoms with Gasteiger partial charge in [-0.2, -0.15) is 13.2 Å². The van der Waals surface area contributed by atoms with Crippen molar-refractivity contribution in [3.63, 3.8) is 0 Å². The molecule has 2 aromatic heterocycles. The molecule has 0 aliphatic carbocycles. The van der Waals surface area contributed by atoms with Gasteiger partial charge in [-0.15, -0.1) is 11.3 Å². The van der Waals surface area contributed by atoms with Crippen molar-refractivity contribution in [1.29, 1.82) is 0 Å². The molecule has 23 heavy (non-hydrogen) atoms. The zero-order chi connectivity index (χ0) is 16.6. The molecule has 1 aliphatic rings. The highest BCUT2D eigenvalue weighted by Crippen LogP contribution is 2.34. The first kappa shape index (κ1) is 16.0. The minimum absolute atomic E-state index is 0.0245. The maximum absolute atomic E-state index is 12.6. The van der Waals surface area contributed by atoms with Crippen LogP contribution in [-0.4, -0.2) is 27.0 Å². The molecule has 0 saturated heterocycles. The van der Waals surface area contributed by atoms with Crippen LogP contribution in [0.2, 0.25) is 0 Å². The zero-order valence-electron chi connectivity index (χ0n) is 12.4. The molecule has 1 N–H and O–H groups in total. The molecule has 1 unspecified atom stereocenters. The fraction of sp³-hybridized carbons (Fsp3) is 0.500. The van der Waals surface area contributed by atoms with Crippen LogP contribution in [0.25, 0.3) is 0 Å². The molecule has 9 heteroatoms. The van der Waals surface area contributed by atoms with Crippen molar-refractivity contribution in [2.75, 3.05) is 6.54 Å². The Kier molecular flexibility index (Phi) is 4.13. The summed E-state index contributed by atoms with van der Waals surface area (Å²) in [6.45, 7) is 2.60. The summed E-state index contributed by atoms with van der Waals surface area (Å²) in [6, 6.07) is 0. The molecule has 3 heterocycles. The van der Waals surface area contributed by atoms with Crippen LogP contribution in [0.5, 0.6) is 0 Å². The van der Waals surface area contributed by atoms with Crippen molar-refractivity contribution in [3.8, 4) is 0 Å². The van der Waals surface area contributed by atoms with Crippen LogP contribution in [0.3, 0.4) is 0 Å². The number of thiazole rings is 1. The number of carbonyl (C=O) groups is 1. The predicted molar refractivity (Wildman–Crippen MR) is 78.2 cm³/mol. The number of nitrogens with zero attached hydrogens (tertiary/aromatic N) is 3. The van der Waals surface area contributed by atoms with Gasteiger partial charge in [0.25, 0.3) is 5.91 Å². The van der Waals surface area contributed by atoms with Gasteiger partial charge in [0, 0.05) is 31.9 Å². The number of imidazole rings is 1. The van der Waals surface area contributed by atoms with E-state index < -0.39 is 17.1 Å². The number of aromatic nitrogens is 3. The molecule has 5 nitrogen and oxygen atoms in total. The van der Waals surface area contributed by atoms with Gasteiger partial charge in [0.05, 0.1) is 5.69 Å². The van der Waals surface area contributed by atoms with Crippen molar-refractivity contribution in [3.05, 3.63) is 33.8 Å². The Labute approximate surface area is 134 Å². The topological polar surface area (TPSA) is 59.8 Å². The van der Waals surface area contributed by atoms with E-state index in [2.05, 4.69) is 15.3 Å². The van der Waals surface area contributed by atoms with Gasteiger partial charge in [0.2, 0.25) is 0 Å². The second-order valence-electron chi connectivity index (χ2n) is 5.54. The van der Waals surface area contributed by atoms with Crippen LogP contribution in [0.4, 0.5) is 13.2 Å². The largest absolute Gasteiger partial charge is 0.443 e. The Bertz CT molecular complexity index is 722. The van der Waals surface area contributed by atoms with Crippen molar-refractivity contribution in [2.24, 2.45) is 5.92 Å². The van der Waals surface area contributed by atoms with Gasteiger partial charge < -0.3 is 9.88 Å². The van der Waals surface area contributed by atoms with Crippen LogP contribution in [0, 0.1) is 12.8 Å². The Morgan fingerprint density at radius 3 is 3.00 bits per heavy atom. The maximum atomic E-state index is 12.6. The lowest BCUT2D eigenvalue weighted by atomic mass is 9.99. The van der Waals surface area contributed by atoms with E-state index in [0.29, 0.717) is 17.9 Å². The Morgan fingerprint density at radius 1 is 1.52 bits per heavy atom. The molecule has 124 valence electrons. The van der Waals surface area contributed by atoms with E-state index in [9.17, 15) is 18.0 Å². The third-order valence-corrected chi connectivity index (χ3v) is 5.03. The number of halogens is 3. The van der Waals surface area contributed by atoms with Gasteiger partial charge >= 0.3 is 6.18 Å². The summed E-state index contributed by atoms with van der Waals surface area (Å²) in [5.41, 5.74) is 0.111. The van der Waals surface area contributed by atoms with E-state index >= 15 is 0 Å². The van der Waals surface area contributed by atoms with E-state index in [1.807, 2.05) is 10.8 Å². The molecule has 0 aromatic carbocycles. The molecule has 1 amide bonds. The number of aryl methyl sites for hydroxylation is 2. The van der Waals surface area contributed by atoms with Crippen molar-refractivity contribution in [1.82, 2.24) is 19.9 Å². The molecule has 0 radical (unpaired) electrons. The molecule has 2 aromatic rings. The first-order valence-electron chi connectivity index (χ1n) is 7.17. The lowest BCUT2D eigenvalue weighted by Crippen LogP contribution is -2.33. The minimum Gasteiger partial charge on any atom is -0.351 e. The summed E-state index contributed by atoms with van der Waals surface area (Å²) >= 11 is 0.388. The fourth-order valence-electron chi connectivity index (χ4n) is 2.65. The highest BCUT2D eigenvalue weighted by Gasteiger charge is 2.36. The quantitative estimate of drug-likeness (QED) is 0.931. The Balaban J connectivity index is 1.61. The maximum Gasteiger partial charge on any atom is 0.443 e. The van der Waals surface area contributed by atoms with Gasteiger partial charge in [-0.1, -0.05) is 0 Å². The Hall–Kier alpha value is -1.90. The van der Waals surface area contributed by atoms with Crippen LogP contribution in [-0.2, 0) is 19.1 Å². The summed E-state index contributed by atoms with van der Waals surface area (Å²) in [6.07, 6.45) is 0.856. The van der Waals surface area contributed by atoms with E-state index in [1.54, 1.807) is 6.20 Å². The third kappa shape index (κ3) is 3.39. The summed E-state index contributed by atoms with van der Waals surface area (Å²) in [4.78, 5) is 19.8. The molecule has 0 saturated carbocycles. The summed E-state index contributed by atoms with van der Waals surface area (Å²) in [5, 5.41) is 1.74. The van der Waals surface area contributed by atoms with Gasteiger partial charge in [-0.3, -0.25) is 4.79 Å². The van der Waals surface area contributed by atoms with Crippen molar-refractivity contribution < 1.29 is 18.0 Å². The van der Waals surface area contributed by atoms with Crippen LogP contribution >= 0.6 is 11.3 Å². The first-order chi connectivity index (χ1) is 10.8. The smallest absolute Gasteiger partial charge is 0.351 e. The number of amides is 1. The normalized spacial score (nSPS) is 17.8. The Morgan fingerprint density at radius 2 is 2.30 bits per heavy atom. The van der Waals surface area contributed by atoms with Gasteiger partial charge in [-0.05, 0) is 19.3 Å². The molecule has 1 atom stereocenters. The molecule has 0 bridgehead atoms. The molecule has 0 fully saturated rings. The summed E-state index contributed by atoms with van der Waals surface area (Å²) in [5.74, 6) is 0.781. The monoisotopic (exact) mass is 344 g/mol. The lowest BCUT2D eigenvalue weighted by Gasteiger charge is -2.23. The molecular weight excluding hydrogens is 329 g/mol. The number of hydrogen-bond acceptors (Lipinski definition) is 4. The van der Waals surface area contributed by atoms with E-state index in [-0.39, 0.29) is 16.5 Å². The SMILES string of the molecule is Cc1nc(C(F)(F)F)sc1C(=O)NCC1CCc2nccn2C1. The highest BCUT2D eigenvalue weighted by molar-refractivity contribution is 7.13. The molecule has 0 spiro atoms. The standard InChI is InChI=1S/C14H15F3N4OS/c1-8-11(23-13(20-8)14(15,16)17)12(22)19-6-9-2-3-10-18-4-5-21(10)7-9/h4-5,9H,2-3,6-7H2,1H3,(H,19,22). The highest BCUT2D eigenvalue weighted by atomic mass is 32.1. The molecular formula is C14H15F3N4OS. The second kappa shape index (κ2) is 5.95. The molecule has 3 rings (SSSR count). The number of rotatable bonds is 3. The van der Waals surface area contributed by atoms with Crippen molar-refractivity contribution in [2.45, 2.75) is 32.5 Å². The number of carbonyl (C=O) groups excluding carboxylic acids is 1. The first-order valence-corrected chi connectivity index (χ1v) is 7.99. The van der Waals surface area contributed by atoms with Gasteiger partial charge in [-0.25, -0.2) is 9.97 Å². The molecule has 1 aliphatic heterocycles. The van der Waals surface area contributed by atoms with E-state index in [4.69, 9.17) is 0 Å². The van der Waals surface area contributed by atoms with E-state index in [1.165, 1.54) is 6.92 Å². The fourth-order valence-corrected chi connectivity index (χ4v) is 3.50. The van der Waals surface area contributed by atoms with Crippen molar-refractivity contribution >= 4 is 17.2 Å². The number of hydrogen-bond donors (Lipinski definition) is 1. The zero-order valence-corrected chi connectivity index (χ0v) is 13.2. The number of nitrogens with one attached hydrogen (secondary N) is 1.